The number of aromatic nitrogens is 3. The number of anilines is 1. The molecule has 2 rings (SSSR count). The Morgan fingerprint density at radius 3 is 3.05 bits per heavy atom. The fourth-order valence-corrected chi connectivity index (χ4v) is 2.64. The SMILES string of the molecule is CCn1cc(NC(=O)NC[C@@H](CO)Cc2cccs2)nn1. The first-order chi connectivity index (χ1) is 10.2. The Morgan fingerprint density at radius 1 is 1.57 bits per heavy atom. The van der Waals surface area contributed by atoms with Crippen molar-refractivity contribution in [2.75, 3.05) is 18.5 Å². The molecule has 0 aliphatic carbocycles. The average Bonchev–Trinajstić information content (AvgIpc) is 3.14. The van der Waals surface area contributed by atoms with Crippen LogP contribution in [0.3, 0.4) is 0 Å². The molecular formula is C13H19N5O2S. The van der Waals surface area contributed by atoms with E-state index >= 15 is 0 Å². The molecule has 0 saturated heterocycles. The average molecular weight is 309 g/mol. The molecule has 0 aliphatic rings. The van der Waals surface area contributed by atoms with Crippen molar-refractivity contribution in [1.29, 1.82) is 0 Å². The molecule has 0 aliphatic heterocycles. The summed E-state index contributed by atoms with van der Waals surface area (Å²) in [5.41, 5.74) is 0. The van der Waals surface area contributed by atoms with Gasteiger partial charge in [0.05, 0.1) is 6.20 Å². The van der Waals surface area contributed by atoms with Crippen molar-refractivity contribution in [2.24, 2.45) is 5.92 Å². The minimum atomic E-state index is -0.345. The van der Waals surface area contributed by atoms with Gasteiger partial charge in [-0.05, 0) is 24.8 Å². The number of hydrogen-bond acceptors (Lipinski definition) is 5. The molecule has 0 aromatic carbocycles. The number of aliphatic hydroxyl groups is 1. The van der Waals surface area contributed by atoms with Gasteiger partial charge >= 0.3 is 6.03 Å². The van der Waals surface area contributed by atoms with Crippen molar-refractivity contribution in [2.45, 2.75) is 19.9 Å². The summed E-state index contributed by atoms with van der Waals surface area (Å²) in [4.78, 5) is 13.0. The predicted octanol–water partition coefficient (Wildman–Crippen LogP) is 1.33. The van der Waals surface area contributed by atoms with E-state index < -0.39 is 0 Å². The second-order valence-corrected chi connectivity index (χ2v) is 5.66. The molecular weight excluding hydrogens is 290 g/mol. The highest BCUT2D eigenvalue weighted by Crippen LogP contribution is 2.14. The number of carbonyl (C=O) groups is 1. The number of nitrogens with one attached hydrogen (secondary N) is 2. The molecule has 0 saturated carbocycles. The molecule has 0 spiro atoms. The maximum atomic E-state index is 11.8. The molecule has 8 heteroatoms. The number of aryl methyl sites for hydroxylation is 1. The van der Waals surface area contributed by atoms with Gasteiger partial charge in [-0.2, -0.15) is 0 Å². The summed E-state index contributed by atoms with van der Waals surface area (Å²) in [6.07, 6.45) is 2.41. The van der Waals surface area contributed by atoms with Crippen molar-refractivity contribution < 1.29 is 9.90 Å². The lowest BCUT2D eigenvalue weighted by molar-refractivity contribution is 0.218. The Bertz CT molecular complexity index is 555. The van der Waals surface area contributed by atoms with Crippen molar-refractivity contribution in [3.63, 3.8) is 0 Å². The summed E-state index contributed by atoms with van der Waals surface area (Å²) >= 11 is 1.65. The molecule has 1 atom stereocenters. The van der Waals surface area contributed by atoms with Gasteiger partial charge in [0.25, 0.3) is 0 Å². The number of thiophene rings is 1. The number of amides is 2. The zero-order valence-corrected chi connectivity index (χ0v) is 12.6. The first-order valence-electron chi connectivity index (χ1n) is 6.79. The van der Waals surface area contributed by atoms with E-state index in [0.29, 0.717) is 18.9 Å². The highest BCUT2D eigenvalue weighted by Gasteiger charge is 2.12. The third-order valence-corrected chi connectivity index (χ3v) is 3.88. The van der Waals surface area contributed by atoms with Gasteiger partial charge in [0.15, 0.2) is 5.82 Å². The van der Waals surface area contributed by atoms with Gasteiger partial charge < -0.3 is 10.4 Å². The van der Waals surface area contributed by atoms with Crippen LogP contribution in [0.4, 0.5) is 10.6 Å². The summed E-state index contributed by atoms with van der Waals surface area (Å²) in [5, 5.41) is 24.4. The molecule has 0 unspecified atom stereocenters. The van der Waals surface area contributed by atoms with Crippen molar-refractivity contribution in [1.82, 2.24) is 20.3 Å². The van der Waals surface area contributed by atoms with Crippen LogP contribution in [0.2, 0.25) is 0 Å². The third-order valence-electron chi connectivity index (χ3n) is 2.98. The number of urea groups is 1. The summed E-state index contributed by atoms with van der Waals surface area (Å²) < 4.78 is 1.63. The summed E-state index contributed by atoms with van der Waals surface area (Å²) in [6, 6.07) is 3.66. The maximum Gasteiger partial charge on any atom is 0.320 e. The van der Waals surface area contributed by atoms with Gasteiger partial charge in [0.1, 0.15) is 0 Å². The topological polar surface area (TPSA) is 92.1 Å². The highest BCUT2D eigenvalue weighted by atomic mass is 32.1. The van der Waals surface area contributed by atoms with Crippen molar-refractivity contribution in [3.05, 3.63) is 28.6 Å². The molecule has 0 bridgehead atoms. The number of nitrogens with zero attached hydrogens (tertiary/aromatic N) is 3. The second kappa shape index (κ2) is 7.75. The van der Waals surface area contributed by atoms with Gasteiger partial charge in [0.2, 0.25) is 0 Å². The van der Waals surface area contributed by atoms with Crippen LogP contribution in [0.5, 0.6) is 0 Å². The lowest BCUT2D eigenvalue weighted by atomic mass is 10.1. The van der Waals surface area contributed by atoms with E-state index in [4.69, 9.17) is 0 Å². The first kappa shape index (κ1) is 15.5. The molecule has 7 nitrogen and oxygen atoms in total. The Hall–Kier alpha value is -1.93. The lowest BCUT2D eigenvalue weighted by Gasteiger charge is -2.14. The fourth-order valence-electron chi connectivity index (χ4n) is 1.82. The minimum Gasteiger partial charge on any atom is -0.396 e. The monoisotopic (exact) mass is 309 g/mol. The standard InChI is InChI=1S/C13H19N5O2S/c1-2-18-8-12(16-17-18)15-13(20)14-7-10(9-19)6-11-4-3-5-21-11/h3-5,8,10,19H,2,6-7,9H2,1H3,(H2,14,15,20)/t10-/m0/s1. The van der Waals surface area contributed by atoms with E-state index in [1.165, 1.54) is 4.88 Å². The summed E-state index contributed by atoms with van der Waals surface area (Å²) in [7, 11) is 0. The molecule has 21 heavy (non-hydrogen) atoms. The largest absolute Gasteiger partial charge is 0.396 e. The van der Waals surface area contributed by atoms with Crippen LogP contribution < -0.4 is 10.6 Å². The van der Waals surface area contributed by atoms with Crippen LogP contribution in [-0.2, 0) is 13.0 Å². The molecule has 2 amide bonds. The Kier molecular flexibility index (Phi) is 5.70. The van der Waals surface area contributed by atoms with E-state index in [2.05, 4.69) is 20.9 Å². The Morgan fingerprint density at radius 2 is 2.43 bits per heavy atom. The van der Waals surface area contributed by atoms with Crippen LogP contribution in [-0.4, -0.2) is 39.3 Å². The smallest absolute Gasteiger partial charge is 0.320 e. The Labute approximate surface area is 127 Å². The number of hydrogen-bond donors (Lipinski definition) is 3. The van der Waals surface area contributed by atoms with Crippen LogP contribution in [0.15, 0.2) is 23.7 Å². The van der Waals surface area contributed by atoms with E-state index in [1.54, 1.807) is 22.2 Å². The number of carbonyl (C=O) groups excluding carboxylic acids is 1. The molecule has 0 fully saturated rings. The zero-order valence-electron chi connectivity index (χ0n) is 11.8. The normalized spacial score (nSPS) is 12.1. The fraction of sp³-hybridized carbons (Fsp3) is 0.462. The van der Waals surface area contributed by atoms with Gasteiger partial charge in [0, 0.05) is 30.5 Å². The molecule has 0 radical (unpaired) electrons. The highest BCUT2D eigenvalue weighted by molar-refractivity contribution is 7.09. The maximum absolute atomic E-state index is 11.8. The molecule has 2 aromatic rings. The van der Waals surface area contributed by atoms with Crippen molar-refractivity contribution in [3.8, 4) is 0 Å². The number of aliphatic hydroxyl groups excluding tert-OH is 1. The molecule has 2 heterocycles. The second-order valence-electron chi connectivity index (χ2n) is 4.63. The molecule has 2 aromatic heterocycles. The van der Waals surface area contributed by atoms with E-state index in [0.717, 1.165) is 6.42 Å². The lowest BCUT2D eigenvalue weighted by Crippen LogP contribution is -2.35. The van der Waals surface area contributed by atoms with E-state index in [1.807, 2.05) is 24.4 Å². The van der Waals surface area contributed by atoms with Gasteiger partial charge in [-0.1, -0.05) is 11.3 Å². The van der Waals surface area contributed by atoms with Crippen LogP contribution >= 0.6 is 11.3 Å². The molecule has 3 N–H and O–H groups in total. The van der Waals surface area contributed by atoms with Crippen LogP contribution in [0, 0.1) is 5.92 Å². The van der Waals surface area contributed by atoms with Crippen LogP contribution in [0.25, 0.3) is 0 Å². The molecule has 114 valence electrons. The van der Waals surface area contributed by atoms with Gasteiger partial charge in [-0.15, -0.1) is 16.4 Å². The zero-order chi connectivity index (χ0) is 15.1. The summed E-state index contributed by atoms with van der Waals surface area (Å²) in [5.74, 6) is 0.411. The van der Waals surface area contributed by atoms with Crippen LogP contribution in [0.1, 0.15) is 11.8 Å². The third kappa shape index (κ3) is 4.83. The quantitative estimate of drug-likeness (QED) is 0.719. The Balaban J connectivity index is 1.76. The first-order valence-corrected chi connectivity index (χ1v) is 7.67. The summed E-state index contributed by atoms with van der Waals surface area (Å²) in [6.45, 7) is 3.07. The van der Waals surface area contributed by atoms with Gasteiger partial charge in [-0.25, -0.2) is 4.79 Å². The van der Waals surface area contributed by atoms with E-state index in [9.17, 15) is 9.90 Å². The minimum absolute atomic E-state index is 0.000671. The van der Waals surface area contributed by atoms with Gasteiger partial charge in [-0.3, -0.25) is 10.00 Å². The van der Waals surface area contributed by atoms with E-state index in [-0.39, 0.29) is 18.6 Å². The number of rotatable bonds is 7. The predicted molar refractivity (Wildman–Crippen MR) is 81.3 cm³/mol. The van der Waals surface area contributed by atoms with Crippen molar-refractivity contribution >= 4 is 23.2 Å².